The van der Waals surface area contributed by atoms with Gasteiger partial charge in [-0.2, -0.15) is 0 Å². The summed E-state index contributed by atoms with van der Waals surface area (Å²) in [5, 5.41) is 0.962. The van der Waals surface area contributed by atoms with Crippen LogP contribution in [0.2, 0.25) is 0 Å². The molecule has 112 valence electrons. The second-order valence-corrected chi connectivity index (χ2v) is 4.43. The number of hydrogen-bond acceptors (Lipinski definition) is 5. The lowest BCUT2D eigenvalue weighted by Gasteiger charge is -2.07. The molecule has 0 aliphatic carbocycles. The minimum absolute atomic E-state index is 0.173. The number of aromatic nitrogens is 1. The summed E-state index contributed by atoms with van der Waals surface area (Å²) in [4.78, 5) is 21.9. The number of methoxy groups -OCH3 is 1. The summed E-state index contributed by atoms with van der Waals surface area (Å²) < 4.78 is 16.8. The van der Waals surface area contributed by atoms with Crippen LogP contribution >= 0.6 is 0 Å². The molecule has 0 aliphatic heterocycles. The predicted octanol–water partition coefficient (Wildman–Crippen LogP) is 1.76. The van der Waals surface area contributed by atoms with E-state index in [-0.39, 0.29) is 25.1 Å². The van der Waals surface area contributed by atoms with Gasteiger partial charge in [0.1, 0.15) is 25.5 Å². The number of hydrogen-bond donors (Lipinski definition) is 0. The first-order chi connectivity index (χ1) is 10.1. The van der Waals surface area contributed by atoms with Crippen molar-refractivity contribution in [1.29, 1.82) is 0 Å². The maximum atomic E-state index is 11.3. The zero-order valence-corrected chi connectivity index (χ0v) is 12.0. The molecule has 0 atom stereocenters. The van der Waals surface area contributed by atoms with Gasteiger partial charge in [-0.25, -0.2) is 0 Å². The van der Waals surface area contributed by atoms with Crippen LogP contribution in [0.15, 0.2) is 30.5 Å². The van der Waals surface area contributed by atoms with Crippen molar-refractivity contribution in [2.24, 2.45) is 0 Å². The number of ether oxygens (including phenoxy) is 3. The van der Waals surface area contributed by atoms with Crippen molar-refractivity contribution >= 4 is 22.8 Å². The molecule has 6 heteroatoms. The largest absolute Gasteiger partial charge is 0.490 e. The van der Waals surface area contributed by atoms with E-state index < -0.39 is 0 Å². The van der Waals surface area contributed by atoms with Gasteiger partial charge in [-0.1, -0.05) is 0 Å². The van der Waals surface area contributed by atoms with Crippen molar-refractivity contribution in [1.82, 2.24) is 4.57 Å². The number of fused-ring (bicyclic) bond motifs is 1. The first kappa shape index (κ1) is 14.9. The zero-order valence-electron chi connectivity index (χ0n) is 12.0. The lowest BCUT2D eigenvalue weighted by Crippen LogP contribution is -2.10. The Kier molecular flexibility index (Phi) is 4.81. The Morgan fingerprint density at radius 3 is 2.71 bits per heavy atom. The Labute approximate surface area is 122 Å². The Hall–Kier alpha value is -2.50. The van der Waals surface area contributed by atoms with Gasteiger partial charge >= 0.3 is 11.9 Å². The monoisotopic (exact) mass is 291 g/mol. The SMILES string of the molecule is COC(=O)Cn1ccc2cc(OCCOC(C)=O)ccc21. The summed E-state index contributed by atoms with van der Waals surface area (Å²) >= 11 is 0. The molecular weight excluding hydrogens is 274 g/mol. The van der Waals surface area contributed by atoms with E-state index in [9.17, 15) is 9.59 Å². The van der Waals surface area contributed by atoms with E-state index in [2.05, 4.69) is 4.74 Å². The summed E-state index contributed by atoms with van der Waals surface area (Å²) in [7, 11) is 1.36. The molecule has 0 radical (unpaired) electrons. The topological polar surface area (TPSA) is 66.8 Å². The maximum absolute atomic E-state index is 11.3. The molecule has 0 aliphatic rings. The number of carbonyl (C=O) groups excluding carboxylic acids is 2. The highest BCUT2D eigenvalue weighted by atomic mass is 16.6. The highest BCUT2D eigenvalue weighted by molar-refractivity contribution is 5.83. The molecule has 0 saturated carbocycles. The van der Waals surface area contributed by atoms with Crippen LogP contribution in [0.5, 0.6) is 5.75 Å². The van der Waals surface area contributed by atoms with E-state index in [1.807, 2.05) is 35.0 Å². The van der Waals surface area contributed by atoms with Gasteiger partial charge in [-0.3, -0.25) is 9.59 Å². The molecular formula is C15H17NO5. The van der Waals surface area contributed by atoms with E-state index in [1.165, 1.54) is 14.0 Å². The molecule has 0 saturated heterocycles. The molecule has 1 aromatic carbocycles. The average molecular weight is 291 g/mol. The predicted molar refractivity (Wildman–Crippen MR) is 76.1 cm³/mol. The first-order valence-electron chi connectivity index (χ1n) is 6.52. The highest BCUT2D eigenvalue weighted by Gasteiger charge is 2.07. The number of esters is 2. The number of rotatable bonds is 6. The Bertz CT molecular complexity index is 647. The zero-order chi connectivity index (χ0) is 15.2. The summed E-state index contributed by atoms with van der Waals surface area (Å²) in [5.41, 5.74) is 0.924. The minimum Gasteiger partial charge on any atom is -0.490 e. The van der Waals surface area contributed by atoms with Gasteiger partial charge in [-0.05, 0) is 24.3 Å². The van der Waals surface area contributed by atoms with E-state index in [0.717, 1.165) is 10.9 Å². The fourth-order valence-corrected chi connectivity index (χ4v) is 1.95. The van der Waals surface area contributed by atoms with Crippen molar-refractivity contribution in [2.45, 2.75) is 13.5 Å². The highest BCUT2D eigenvalue weighted by Crippen LogP contribution is 2.22. The minimum atomic E-state index is -0.325. The lowest BCUT2D eigenvalue weighted by molar-refractivity contribution is -0.142. The molecule has 0 unspecified atom stereocenters. The van der Waals surface area contributed by atoms with Crippen LogP contribution < -0.4 is 4.74 Å². The number of nitrogens with zero attached hydrogens (tertiary/aromatic N) is 1. The number of carbonyl (C=O) groups is 2. The third kappa shape index (κ3) is 3.98. The van der Waals surface area contributed by atoms with E-state index >= 15 is 0 Å². The molecule has 0 spiro atoms. The van der Waals surface area contributed by atoms with Crippen molar-refractivity contribution in [3.05, 3.63) is 30.5 Å². The van der Waals surface area contributed by atoms with Crippen LogP contribution in [0.4, 0.5) is 0 Å². The van der Waals surface area contributed by atoms with Crippen LogP contribution in [-0.2, 0) is 25.6 Å². The van der Waals surface area contributed by atoms with E-state index in [0.29, 0.717) is 12.4 Å². The van der Waals surface area contributed by atoms with Gasteiger partial charge in [0.05, 0.1) is 7.11 Å². The quantitative estimate of drug-likeness (QED) is 0.599. The molecule has 6 nitrogen and oxygen atoms in total. The fraction of sp³-hybridized carbons (Fsp3) is 0.333. The third-order valence-electron chi connectivity index (χ3n) is 2.93. The molecule has 21 heavy (non-hydrogen) atoms. The normalized spacial score (nSPS) is 10.4. The molecule has 0 N–H and O–H groups in total. The summed E-state index contributed by atoms with van der Waals surface area (Å²) in [6.07, 6.45) is 1.82. The average Bonchev–Trinajstić information content (AvgIpc) is 2.85. The first-order valence-corrected chi connectivity index (χ1v) is 6.52. The molecule has 0 bridgehead atoms. The molecule has 2 aromatic rings. The van der Waals surface area contributed by atoms with Gasteiger partial charge in [0.25, 0.3) is 0 Å². The van der Waals surface area contributed by atoms with Crippen LogP contribution in [0.3, 0.4) is 0 Å². The third-order valence-corrected chi connectivity index (χ3v) is 2.93. The summed E-state index contributed by atoms with van der Waals surface area (Å²) in [5.74, 6) is 0.0635. The molecule has 1 heterocycles. The summed E-state index contributed by atoms with van der Waals surface area (Å²) in [6.45, 7) is 2.05. The van der Waals surface area contributed by atoms with Crippen molar-refractivity contribution in [3.63, 3.8) is 0 Å². The standard InChI is InChI=1S/C15H17NO5/c1-11(17)20-7-8-21-13-3-4-14-12(9-13)5-6-16(14)10-15(18)19-2/h3-6,9H,7-8,10H2,1-2H3. The smallest absolute Gasteiger partial charge is 0.325 e. The second kappa shape index (κ2) is 6.78. The van der Waals surface area contributed by atoms with Crippen LogP contribution in [0.1, 0.15) is 6.92 Å². The fourth-order valence-electron chi connectivity index (χ4n) is 1.95. The number of benzene rings is 1. The Morgan fingerprint density at radius 1 is 1.19 bits per heavy atom. The molecule has 1 aromatic heterocycles. The second-order valence-electron chi connectivity index (χ2n) is 4.43. The van der Waals surface area contributed by atoms with Gasteiger partial charge in [0, 0.05) is 24.0 Å². The van der Waals surface area contributed by atoms with Crippen molar-refractivity contribution in [3.8, 4) is 5.75 Å². The summed E-state index contributed by atoms with van der Waals surface area (Å²) in [6, 6.07) is 7.46. The Balaban J connectivity index is 2.02. The van der Waals surface area contributed by atoms with Crippen LogP contribution in [0.25, 0.3) is 10.9 Å². The van der Waals surface area contributed by atoms with Gasteiger partial charge in [-0.15, -0.1) is 0 Å². The lowest BCUT2D eigenvalue weighted by atomic mass is 10.2. The van der Waals surface area contributed by atoms with Crippen LogP contribution in [-0.4, -0.2) is 36.8 Å². The van der Waals surface area contributed by atoms with E-state index in [4.69, 9.17) is 9.47 Å². The van der Waals surface area contributed by atoms with Crippen molar-refractivity contribution < 1.29 is 23.8 Å². The van der Waals surface area contributed by atoms with E-state index in [1.54, 1.807) is 0 Å². The van der Waals surface area contributed by atoms with Crippen molar-refractivity contribution in [2.75, 3.05) is 20.3 Å². The van der Waals surface area contributed by atoms with Crippen LogP contribution in [0, 0.1) is 0 Å². The van der Waals surface area contributed by atoms with Gasteiger partial charge in [0.15, 0.2) is 0 Å². The molecule has 0 fully saturated rings. The Morgan fingerprint density at radius 2 is 2.00 bits per heavy atom. The molecule has 2 rings (SSSR count). The van der Waals surface area contributed by atoms with Gasteiger partial charge < -0.3 is 18.8 Å². The maximum Gasteiger partial charge on any atom is 0.325 e. The molecule has 0 amide bonds. The van der Waals surface area contributed by atoms with Gasteiger partial charge in [0.2, 0.25) is 0 Å².